The fraction of sp³-hybridized carbons (Fsp3) is 0.393. The van der Waals surface area contributed by atoms with Crippen LogP contribution in [0.15, 0.2) is 54.6 Å². The zero-order valence-corrected chi connectivity index (χ0v) is 22.1. The van der Waals surface area contributed by atoms with E-state index in [9.17, 15) is 14.0 Å². The molecule has 0 spiro atoms. The zero-order chi connectivity index (χ0) is 26.3. The Morgan fingerprint density at radius 1 is 1.08 bits per heavy atom. The normalized spacial score (nSPS) is 11.4. The zero-order valence-electron chi connectivity index (χ0n) is 21.4. The number of carbonyl (C=O) groups is 2. The number of carbonyl (C=O) groups excluding carboxylic acids is 2. The molecule has 0 aliphatic rings. The molecule has 0 fully saturated rings. The van der Waals surface area contributed by atoms with E-state index in [1.807, 2.05) is 45.0 Å². The average Bonchev–Trinajstić information content (AvgIpc) is 3.24. The van der Waals surface area contributed by atoms with Gasteiger partial charge in [0.15, 0.2) is 0 Å². The summed E-state index contributed by atoms with van der Waals surface area (Å²) in [4.78, 5) is 27.8. The lowest BCUT2D eigenvalue weighted by atomic mass is 9.92. The molecule has 6 nitrogen and oxygen atoms in total. The van der Waals surface area contributed by atoms with Crippen LogP contribution in [-0.2, 0) is 21.4 Å². The number of anilines is 1. The summed E-state index contributed by atoms with van der Waals surface area (Å²) in [7, 11) is 0. The van der Waals surface area contributed by atoms with Crippen molar-refractivity contribution in [3.8, 4) is 5.69 Å². The summed E-state index contributed by atoms with van der Waals surface area (Å²) in [6.45, 7) is 8.59. The van der Waals surface area contributed by atoms with Crippen LogP contribution in [0, 0.1) is 5.82 Å². The molecule has 0 atom stereocenters. The van der Waals surface area contributed by atoms with Gasteiger partial charge in [-0.05, 0) is 36.2 Å². The lowest BCUT2D eigenvalue weighted by molar-refractivity contribution is -0.134. The van der Waals surface area contributed by atoms with Crippen molar-refractivity contribution in [1.82, 2.24) is 14.7 Å². The molecule has 36 heavy (non-hydrogen) atoms. The van der Waals surface area contributed by atoms with Gasteiger partial charge in [0.25, 0.3) is 0 Å². The fourth-order valence-electron chi connectivity index (χ4n) is 3.73. The second-order valence-electron chi connectivity index (χ2n) is 9.90. The van der Waals surface area contributed by atoms with Gasteiger partial charge in [-0.1, -0.05) is 76.4 Å². The van der Waals surface area contributed by atoms with Gasteiger partial charge in [-0.3, -0.25) is 9.59 Å². The van der Waals surface area contributed by atoms with E-state index in [0.29, 0.717) is 28.6 Å². The molecule has 192 valence electrons. The van der Waals surface area contributed by atoms with Crippen LogP contribution >= 0.6 is 11.6 Å². The first kappa shape index (κ1) is 27.4. The number of hydrogen-bond donors (Lipinski definition) is 1. The van der Waals surface area contributed by atoms with Crippen molar-refractivity contribution >= 4 is 29.2 Å². The van der Waals surface area contributed by atoms with Crippen molar-refractivity contribution in [2.45, 2.75) is 58.8 Å². The largest absolute Gasteiger partial charge is 0.333 e. The van der Waals surface area contributed by atoms with E-state index in [4.69, 9.17) is 16.7 Å². The van der Waals surface area contributed by atoms with Crippen LogP contribution in [0.3, 0.4) is 0 Å². The van der Waals surface area contributed by atoms with Gasteiger partial charge in [-0.25, -0.2) is 9.07 Å². The van der Waals surface area contributed by atoms with Crippen LogP contribution < -0.4 is 5.32 Å². The van der Waals surface area contributed by atoms with Crippen LogP contribution in [-0.4, -0.2) is 39.6 Å². The van der Waals surface area contributed by atoms with E-state index >= 15 is 0 Å². The van der Waals surface area contributed by atoms with E-state index in [1.165, 1.54) is 12.1 Å². The van der Waals surface area contributed by atoms with Crippen LogP contribution in [0.1, 0.15) is 58.2 Å². The summed E-state index contributed by atoms with van der Waals surface area (Å²) in [6.07, 6.45) is 2.85. The Hall–Kier alpha value is -3.19. The standard InChI is InChI=1S/C28H34ClFN4O2/c1-5-6-9-16-33(27(36)17-20-12-14-21(30)15-13-20)19-26(35)31-25-18-24(28(2,3)4)32-34(25)23-11-8-7-10-22(23)29/h7-8,10-15,18H,5-6,9,16-17,19H2,1-4H3,(H,31,35). The molecule has 0 radical (unpaired) electrons. The van der Waals surface area contributed by atoms with E-state index < -0.39 is 0 Å². The smallest absolute Gasteiger partial charge is 0.245 e. The number of nitrogens with zero attached hydrogens (tertiary/aromatic N) is 3. The molecule has 0 aliphatic carbocycles. The van der Waals surface area contributed by atoms with E-state index in [0.717, 1.165) is 25.0 Å². The third-order valence-corrected chi connectivity index (χ3v) is 6.13. The Labute approximate surface area is 217 Å². The molecule has 2 aromatic carbocycles. The van der Waals surface area contributed by atoms with Crippen molar-refractivity contribution in [3.63, 3.8) is 0 Å². The third-order valence-electron chi connectivity index (χ3n) is 5.81. The Bertz CT molecular complexity index is 1190. The number of halogens is 2. The van der Waals surface area contributed by atoms with E-state index in [-0.39, 0.29) is 36.0 Å². The minimum Gasteiger partial charge on any atom is -0.333 e. The van der Waals surface area contributed by atoms with Gasteiger partial charge in [0.1, 0.15) is 11.6 Å². The summed E-state index contributed by atoms with van der Waals surface area (Å²) in [5.41, 5.74) is 1.90. The second kappa shape index (κ2) is 12.2. The average molecular weight is 513 g/mol. The van der Waals surface area contributed by atoms with Gasteiger partial charge in [0, 0.05) is 18.0 Å². The monoisotopic (exact) mass is 512 g/mol. The van der Waals surface area contributed by atoms with Gasteiger partial charge in [-0.15, -0.1) is 0 Å². The van der Waals surface area contributed by atoms with Crippen LogP contribution in [0.4, 0.5) is 10.2 Å². The van der Waals surface area contributed by atoms with Crippen LogP contribution in [0.2, 0.25) is 5.02 Å². The van der Waals surface area contributed by atoms with Gasteiger partial charge < -0.3 is 10.2 Å². The first-order chi connectivity index (χ1) is 17.1. The van der Waals surface area contributed by atoms with Crippen LogP contribution in [0.5, 0.6) is 0 Å². The molecule has 3 aromatic rings. The SMILES string of the molecule is CCCCCN(CC(=O)Nc1cc(C(C)(C)C)nn1-c1ccccc1Cl)C(=O)Cc1ccc(F)cc1. The number of aromatic nitrogens is 2. The molecule has 0 aliphatic heterocycles. The minimum atomic E-state index is -0.352. The Kier molecular flexibility index (Phi) is 9.26. The molecular weight excluding hydrogens is 479 g/mol. The Morgan fingerprint density at radius 3 is 2.42 bits per heavy atom. The highest BCUT2D eigenvalue weighted by molar-refractivity contribution is 6.32. The molecule has 0 unspecified atom stereocenters. The molecule has 1 aromatic heterocycles. The molecule has 0 saturated carbocycles. The highest BCUT2D eigenvalue weighted by Gasteiger charge is 2.24. The Morgan fingerprint density at radius 2 is 1.78 bits per heavy atom. The predicted octanol–water partition coefficient (Wildman–Crippen LogP) is 6.16. The maximum Gasteiger partial charge on any atom is 0.245 e. The second-order valence-corrected chi connectivity index (χ2v) is 10.3. The van der Waals surface area contributed by atoms with E-state index in [2.05, 4.69) is 12.2 Å². The van der Waals surface area contributed by atoms with Gasteiger partial charge in [0.05, 0.1) is 29.4 Å². The summed E-state index contributed by atoms with van der Waals surface area (Å²) >= 11 is 6.42. The number of unbranched alkanes of at least 4 members (excludes halogenated alkanes) is 2. The molecule has 1 heterocycles. The maximum atomic E-state index is 13.3. The molecule has 0 saturated heterocycles. The Balaban J connectivity index is 1.81. The fourth-order valence-corrected chi connectivity index (χ4v) is 3.95. The molecule has 8 heteroatoms. The number of nitrogens with one attached hydrogen (secondary N) is 1. The van der Waals surface area contributed by atoms with Crippen molar-refractivity contribution in [2.75, 3.05) is 18.4 Å². The van der Waals surface area contributed by atoms with E-state index in [1.54, 1.807) is 27.8 Å². The van der Waals surface area contributed by atoms with Crippen molar-refractivity contribution in [2.24, 2.45) is 0 Å². The van der Waals surface area contributed by atoms with Crippen LogP contribution in [0.25, 0.3) is 5.69 Å². The minimum absolute atomic E-state index is 0.0949. The van der Waals surface area contributed by atoms with Crippen molar-refractivity contribution in [3.05, 3.63) is 76.7 Å². The first-order valence-electron chi connectivity index (χ1n) is 12.3. The lowest BCUT2D eigenvalue weighted by Gasteiger charge is -2.22. The summed E-state index contributed by atoms with van der Waals surface area (Å²) in [5.74, 6) is -0.372. The summed E-state index contributed by atoms with van der Waals surface area (Å²) in [5, 5.41) is 8.15. The van der Waals surface area contributed by atoms with Gasteiger partial charge in [0.2, 0.25) is 11.8 Å². The summed E-state index contributed by atoms with van der Waals surface area (Å²) in [6, 6.07) is 15.0. The quantitative estimate of drug-likeness (QED) is 0.331. The summed E-state index contributed by atoms with van der Waals surface area (Å²) < 4.78 is 14.9. The number of rotatable bonds is 10. The number of hydrogen-bond acceptors (Lipinski definition) is 3. The topological polar surface area (TPSA) is 67.2 Å². The lowest BCUT2D eigenvalue weighted by Crippen LogP contribution is -2.39. The maximum absolute atomic E-state index is 13.3. The van der Waals surface area contributed by atoms with Crippen molar-refractivity contribution < 1.29 is 14.0 Å². The van der Waals surface area contributed by atoms with Gasteiger partial charge in [-0.2, -0.15) is 5.10 Å². The molecule has 1 N–H and O–H groups in total. The molecule has 0 bridgehead atoms. The number of benzene rings is 2. The highest BCUT2D eigenvalue weighted by Crippen LogP contribution is 2.29. The number of para-hydroxylation sites is 1. The number of amides is 2. The first-order valence-corrected chi connectivity index (χ1v) is 12.6. The predicted molar refractivity (Wildman–Crippen MR) is 142 cm³/mol. The molecule has 2 amide bonds. The molecule has 3 rings (SSSR count). The van der Waals surface area contributed by atoms with Crippen molar-refractivity contribution in [1.29, 1.82) is 0 Å². The highest BCUT2D eigenvalue weighted by atomic mass is 35.5. The third kappa shape index (κ3) is 7.40. The molecular formula is C28H34ClFN4O2. The van der Waals surface area contributed by atoms with Gasteiger partial charge >= 0.3 is 0 Å².